The standard InChI is InChI=1S/C30H30ClF3N2O4/c1-40-23-6-8-27-25(17-23)24(10-12-35-27)28(37)9-4-19-11-14-36(18-21(19)16-29(38)39)13-2-3-20-15-22(30(32,33)34)5-7-26(20)31/h5-8,10,12,15,17,19,21,28,37H,4,9,11,13-14,16,18H2,1H3,(H,38,39)/t19-,21+,28?/m1/s1. The third-order valence-electron chi connectivity index (χ3n) is 7.38. The number of aliphatic hydroxyl groups is 1. The van der Waals surface area contributed by atoms with Crippen molar-refractivity contribution < 1.29 is 32.9 Å². The molecule has 3 aromatic rings. The van der Waals surface area contributed by atoms with E-state index in [1.165, 1.54) is 6.07 Å². The molecule has 2 aromatic carbocycles. The van der Waals surface area contributed by atoms with Crippen molar-refractivity contribution in [3.05, 3.63) is 70.4 Å². The van der Waals surface area contributed by atoms with Crippen molar-refractivity contribution in [3.8, 4) is 17.6 Å². The molecule has 40 heavy (non-hydrogen) atoms. The van der Waals surface area contributed by atoms with Gasteiger partial charge in [-0.3, -0.25) is 14.7 Å². The average molecular weight is 575 g/mol. The van der Waals surface area contributed by atoms with Crippen LogP contribution in [0.2, 0.25) is 5.02 Å². The molecule has 0 bridgehead atoms. The Hall–Kier alpha value is -3.32. The summed E-state index contributed by atoms with van der Waals surface area (Å²) in [6.07, 6.45) is -1.76. The second kappa shape index (κ2) is 12.9. The van der Waals surface area contributed by atoms with Gasteiger partial charge in [-0.2, -0.15) is 13.2 Å². The van der Waals surface area contributed by atoms with Crippen molar-refractivity contribution in [2.75, 3.05) is 26.7 Å². The summed E-state index contributed by atoms with van der Waals surface area (Å²) >= 11 is 6.04. The van der Waals surface area contributed by atoms with Crippen LogP contribution in [-0.2, 0) is 11.0 Å². The second-order valence-corrected chi connectivity index (χ2v) is 10.4. The van der Waals surface area contributed by atoms with Gasteiger partial charge in [0.1, 0.15) is 5.75 Å². The van der Waals surface area contributed by atoms with Gasteiger partial charge in [0.15, 0.2) is 0 Å². The lowest BCUT2D eigenvalue weighted by Crippen LogP contribution is -2.41. The fourth-order valence-electron chi connectivity index (χ4n) is 5.27. The second-order valence-electron chi connectivity index (χ2n) is 10.0. The van der Waals surface area contributed by atoms with E-state index in [4.69, 9.17) is 16.3 Å². The van der Waals surface area contributed by atoms with Gasteiger partial charge in [-0.15, -0.1) is 0 Å². The molecule has 0 saturated carbocycles. The van der Waals surface area contributed by atoms with Crippen molar-refractivity contribution in [2.45, 2.75) is 38.0 Å². The zero-order chi connectivity index (χ0) is 28.9. The molecule has 0 radical (unpaired) electrons. The Balaban J connectivity index is 1.40. The topological polar surface area (TPSA) is 82.9 Å². The summed E-state index contributed by atoms with van der Waals surface area (Å²) in [5, 5.41) is 21.5. The van der Waals surface area contributed by atoms with E-state index < -0.39 is 23.8 Å². The number of pyridine rings is 1. The number of benzene rings is 2. The lowest BCUT2D eigenvalue weighted by molar-refractivity contribution is -0.139. The molecule has 0 aliphatic carbocycles. The third-order valence-corrected chi connectivity index (χ3v) is 7.71. The highest BCUT2D eigenvalue weighted by atomic mass is 35.5. The lowest BCUT2D eigenvalue weighted by atomic mass is 9.79. The zero-order valence-electron chi connectivity index (χ0n) is 21.9. The molecule has 6 nitrogen and oxygen atoms in total. The number of alkyl halides is 3. The van der Waals surface area contributed by atoms with Gasteiger partial charge in [-0.25, -0.2) is 0 Å². The predicted octanol–water partition coefficient (Wildman–Crippen LogP) is 6.19. The van der Waals surface area contributed by atoms with Gasteiger partial charge < -0.3 is 14.9 Å². The normalized spacial score (nSPS) is 18.6. The van der Waals surface area contributed by atoms with Crippen molar-refractivity contribution in [3.63, 3.8) is 0 Å². The number of hydrogen-bond acceptors (Lipinski definition) is 5. The van der Waals surface area contributed by atoms with Gasteiger partial charge in [0.2, 0.25) is 0 Å². The summed E-state index contributed by atoms with van der Waals surface area (Å²) < 4.78 is 44.4. The molecule has 10 heteroatoms. The summed E-state index contributed by atoms with van der Waals surface area (Å²) in [4.78, 5) is 18.0. The van der Waals surface area contributed by atoms with Crippen molar-refractivity contribution in [1.82, 2.24) is 9.88 Å². The average Bonchev–Trinajstić information content (AvgIpc) is 2.91. The summed E-state index contributed by atoms with van der Waals surface area (Å²) in [5.41, 5.74) is 0.787. The number of halogens is 4. The fourth-order valence-corrected chi connectivity index (χ4v) is 5.44. The Bertz CT molecular complexity index is 1420. The Morgan fingerprint density at radius 1 is 1.23 bits per heavy atom. The number of hydrogen-bond donors (Lipinski definition) is 2. The zero-order valence-corrected chi connectivity index (χ0v) is 22.7. The van der Waals surface area contributed by atoms with E-state index in [0.717, 1.165) is 35.0 Å². The minimum atomic E-state index is -4.49. The summed E-state index contributed by atoms with van der Waals surface area (Å²) in [7, 11) is 1.58. The first-order valence-corrected chi connectivity index (χ1v) is 13.3. The highest BCUT2D eigenvalue weighted by molar-refractivity contribution is 6.31. The molecule has 0 spiro atoms. The smallest absolute Gasteiger partial charge is 0.416 e. The van der Waals surface area contributed by atoms with Gasteiger partial charge in [-0.05, 0) is 85.7 Å². The van der Waals surface area contributed by atoms with E-state index in [1.54, 1.807) is 19.4 Å². The number of aromatic nitrogens is 1. The van der Waals surface area contributed by atoms with E-state index in [2.05, 4.69) is 16.8 Å². The molecular formula is C30H30ClF3N2O4. The number of piperidine rings is 1. The molecule has 1 saturated heterocycles. The Morgan fingerprint density at radius 2 is 2.02 bits per heavy atom. The van der Waals surface area contributed by atoms with Crippen LogP contribution in [0.15, 0.2) is 48.7 Å². The SMILES string of the molecule is COc1ccc2nccc(C(O)CC[C@@H]3CCN(CC#Cc4cc(C(F)(F)F)ccc4Cl)C[C@@H]3CC(=O)O)c2c1. The van der Waals surface area contributed by atoms with Crippen LogP contribution in [0.1, 0.15) is 48.5 Å². The summed E-state index contributed by atoms with van der Waals surface area (Å²) in [6.45, 7) is 1.44. The van der Waals surface area contributed by atoms with Gasteiger partial charge >= 0.3 is 12.1 Å². The minimum Gasteiger partial charge on any atom is -0.497 e. The van der Waals surface area contributed by atoms with Crippen LogP contribution < -0.4 is 4.74 Å². The monoisotopic (exact) mass is 574 g/mol. The maximum atomic E-state index is 13.0. The molecule has 1 unspecified atom stereocenters. The number of carboxylic acids is 1. The van der Waals surface area contributed by atoms with Crippen molar-refractivity contribution in [2.24, 2.45) is 11.8 Å². The van der Waals surface area contributed by atoms with Crippen LogP contribution in [0.4, 0.5) is 13.2 Å². The first kappa shape index (κ1) is 29.7. The molecule has 1 aliphatic rings. The van der Waals surface area contributed by atoms with Crippen molar-refractivity contribution in [1.29, 1.82) is 0 Å². The number of likely N-dealkylation sites (tertiary alicyclic amines) is 1. The van der Waals surface area contributed by atoms with Gasteiger partial charge in [0.25, 0.3) is 0 Å². The number of rotatable bonds is 8. The number of methoxy groups -OCH3 is 1. The molecular weight excluding hydrogens is 545 g/mol. The van der Waals surface area contributed by atoms with Crippen LogP contribution in [0, 0.1) is 23.7 Å². The number of nitrogens with zero attached hydrogens (tertiary/aromatic N) is 2. The number of aliphatic hydroxyl groups excluding tert-OH is 1. The first-order chi connectivity index (χ1) is 19.0. The molecule has 1 aliphatic heterocycles. The molecule has 1 fully saturated rings. The van der Waals surface area contributed by atoms with Crippen LogP contribution >= 0.6 is 11.6 Å². The fraction of sp³-hybridized carbons (Fsp3) is 0.400. The maximum absolute atomic E-state index is 13.0. The van der Waals surface area contributed by atoms with E-state index in [9.17, 15) is 28.2 Å². The Kier molecular flexibility index (Phi) is 9.56. The van der Waals surface area contributed by atoms with Gasteiger partial charge in [0, 0.05) is 30.1 Å². The molecule has 2 heterocycles. The van der Waals surface area contributed by atoms with E-state index >= 15 is 0 Å². The van der Waals surface area contributed by atoms with Gasteiger partial charge in [-0.1, -0.05) is 23.4 Å². The van der Waals surface area contributed by atoms with Crippen molar-refractivity contribution >= 4 is 28.5 Å². The summed E-state index contributed by atoms with van der Waals surface area (Å²) in [6, 6.07) is 10.3. The Morgan fingerprint density at radius 3 is 2.75 bits per heavy atom. The quantitative estimate of drug-likeness (QED) is 0.312. The highest BCUT2D eigenvalue weighted by Gasteiger charge is 2.32. The van der Waals surface area contributed by atoms with Crippen LogP contribution in [0.5, 0.6) is 5.75 Å². The largest absolute Gasteiger partial charge is 0.497 e. The molecule has 212 valence electrons. The molecule has 1 aromatic heterocycles. The maximum Gasteiger partial charge on any atom is 0.416 e. The number of aliphatic carboxylic acids is 1. The number of carbonyl (C=O) groups is 1. The molecule has 4 rings (SSSR count). The van der Waals surface area contributed by atoms with Crippen LogP contribution in [-0.4, -0.2) is 52.8 Å². The number of carboxylic acid groups (broad SMARTS) is 1. The lowest BCUT2D eigenvalue weighted by Gasteiger charge is -2.37. The van der Waals surface area contributed by atoms with Crippen LogP contribution in [0.3, 0.4) is 0 Å². The summed E-state index contributed by atoms with van der Waals surface area (Å²) in [5.74, 6) is 5.35. The third kappa shape index (κ3) is 7.45. The number of ether oxygens (including phenoxy) is 1. The number of fused-ring (bicyclic) bond motifs is 1. The highest BCUT2D eigenvalue weighted by Crippen LogP contribution is 2.35. The van der Waals surface area contributed by atoms with Gasteiger partial charge in [0.05, 0.1) is 35.9 Å². The first-order valence-electron chi connectivity index (χ1n) is 13.0. The molecule has 3 atom stereocenters. The Labute approximate surface area is 235 Å². The van der Waals surface area contributed by atoms with Crippen LogP contribution in [0.25, 0.3) is 10.9 Å². The molecule has 0 amide bonds. The minimum absolute atomic E-state index is 0.0144. The van der Waals surface area contributed by atoms with E-state index in [-0.39, 0.29) is 35.4 Å². The molecule has 2 N–H and O–H groups in total. The van der Waals surface area contributed by atoms with E-state index in [1.807, 2.05) is 23.1 Å². The van der Waals surface area contributed by atoms with E-state index in [0.29, 0.717) is 31.7 Å². The predicted molar refractivity (Wildman–Crippen MR) is 146 cm³/mol.